The molecule has 4 amide bonds. The van der Waals surface area contributed by atoms with Crippen molar-refractivity contribution in [3.63, 3.8) is 0 Å². The number of carbonyl (C=O) groups excluding carboxylic acids is 4. The highest BCUT2D eigenvalue weighted by Gasteiger charge is 2.38. The van der Waals surface area contributed by atoms with Gasteiger partial charge >= 0.3 is 0 Å². The first-order valence-corrected chi connectivity index (χ1v) is 16.9. The average Bonchev–Trinajstić information content (AvgIpc) is 3.62. The molecule has 2 aromatic rings. The normalized spacial score (nSPS) is 22.4. The Morgan fingerprint density at radius 2 is 1.60 bits per heavy atom. The van der Waals surface area contributed by atoms with E-state index in [1.54, 1.807) is 12.1 Å². The van der Waals surface area contributed by atoms with Gasteiger partial charge in [-0.1, -0.05) is 67.3 Å². The third kappa shape index (κ3) is 7.59. The molecule has 2 saturated heterocycles. The Labute approximate surface area is 270 Å². The van der Waals surface area contributed by atoms with Crippen molar-refractivity contribution in [2.24, 2.45) is 5.92 Å². The molecule has 3 heterocycles. The molecule has 1 saturated carbocycles. The summed E-state index contributed by atoms with van der Waals surface area (Å²) in [6.07, 6.45) is 7.05. The van der Waals surface area contributed by atoms with E-state index >= 15 is 0 Å². The minimum absolute atomic E-state index is 0.0632. The molecular formula is C35H44ClN5O4. The first-order valence-electron chi connectivity index (χ1n) is 16.6. The van der Waals surface area contributed by atoms with E-state index in [9.17, 15) is 19.2 Å². The van der Waals surface area contributed by atoms with Gasteiger partial charge in [-0.25, -0.2) is 0 Å². The summed E-state index contributed by atoms with van der Waals surface area (Å²) >= 11 is 6.12. The van der Waals surface area contributed by atoms with E-state index in [1.165, 1.54) is 29.7 Å². The number of benzene rings is 2. The van der Waals surface area contributed by atoms with Crippen LogP contribution in [0.15, 0.2) is 48.5 Å². The Hall–Kier alpha value is -3.27. The summed E-state index contributed by atoms with van der Waals surface area (Å²) in [6, 6.07) is 14.9. The highest BCUT2D eigenvalue weighted by molar-refractivity contribution is 6.30. The number of amides is 4. The lowest BCUT2D eigenvalue weighted by molar-refractivity contribution is -0.140. The van der Waals surface area contributed by atoms with Crippen molar-refractivity contribution in [1.82, 2.24) is 25.3 Å². The lowest BCUT2D eigenvalue weighted by atomic mass is 9.82. The van der Waals surface area contributed by atoms with Gasteiger partial charge in [0.25, 0.3) is 0 Å². The highest BCUT2D eigenvalue weighted by Crippen LogP contribution is 2.31. The van der Waals surface area contributed by atoms with E-state index in [-0.39, 0.29) is 42.1 Å². The van der Waals surface area contributed by atoms with Crippen LogP contribution in [0.25, 0.3) is 0 Å². The molecule has 0 aromatic heterocycles. The molecule has 4 aliphatic rings. The number of likely N-dealkylation sites (tertiary alicyclic amines) is 1. The molecular weight excluding hydrogens is 590 g/mol. The topological polar surface area (TPSA) is 102 Å². The van der Waals surface area contributed by atoms with E-state index < -0.39 is 6.04 Å². The fraction of sp³-hybridized carbons (Fsp3) is 0.543. The van der Waals surface area contributed by atoms with E-state index in [0.29, 0.717) is 62.9 Å². The molecule has 6 rings (SSSR count). The van der Waals surface area contributed by atoms with Gasteiger partial charge in [-0.2, -0.15) is 0 Å². The van der Waals surface area contributed by atoms with Crippen molar-refractivity contribution in [3.05, 3.63) is 70.2 Å². The van der Waals surface area contributed by atoms with Crippen LogP contribution in [-0.4, -0.2) is 83.1 Å². The largest absolute Gasteiger partial charge is 0.344 e. The van der Waals surface area contributed by atoms with Gasteiger partial charge in [0.15, 0.2) is 0 Å². The van der Waals surface area contributed by atoms with E-state index in [2.05, 4.69) is 27.7 Å². The van der Waals surface area contributed by atoms with Crippen molar-refractivity contribution in [2.45, 2.75) is 82.5 Å². The third-order valence-electron chi connectivity index (χ3n) is 10.2. The standard InChI is InChI=1S/C35H44ClN5O4/c36-27-12-10-24(11-13-27)20-30(38-32(42)21-29-28-9-5-4-8-26(28)22-37-29)35(45)40-18-16-39(17-19-40)31(25-6-2-1-3-7-25)23-41-33(43)14-15-34(41)44/h4-5,8-13,25,29-31,37H,1-3,6-7,14-23H2,(H,38,42)/t29?,30-,31?/m1/s1. The molecule has 3 atom stereocenters. The van der Waals surface area contributed by atoms with Gasteiger partial charge < -0.3 is 15.5 Å². The van der Waals surface area contributed by atoms with Gasteiger partial charge in [-0.3, -0.25) is 29.0 Å². The fourth-order valence-electron chi connectivity index (χ4n) is 7.64. The molecule has 1 aliphatic carbocycles. The lowest BCUT2D eigenvalue weighted by Gasteiger charge is -2.44. The van der Waals surface area contributed by atoms with Crippen LogP contribution in [0.5, 0.6) is 0 Å². The molecule has 3 fully saturated rings. The third-order valence-corrected chi connectivity index (χ3v) is 10.4. The van der Waals surface area contributed by atoms with E-state index in [0.717, 1.165) is 30.5 Å². The number of piperazine rings is 1. The molecule has 3 aliphatic heterocycles. The number of halogens is 1. The second kappa shape index (κ2) is 14.4. The molecule has 45 heavy (non-hydrogen) atoms. The maximum Gasteiger partial charge on any atom is 0.245 e. The van der Waals surface area contributed by atoms with Gasteiger partial charge in [0.05, 0.1) is 0 Å². The summed E-state index contributed by atoms with van der Waals surface area (Å²) in [5, 5.41) is 7.13. The molecule has 2 aromatic carbocycles. The number of nitrogens with one attached hydrogen (secondary N) is 2. The van der Waals surface area contributed by atoms with Crippen LogP contribution in [0.2, 0.25) is 5.02 Å². The maximum atomic E-state index is 14.0. The number of rotatable bonds is 10. The number of nitrogens with zero attached hydrogens (tertiary/aromatic N) is 3. The summed E-state index contributed by atoms with van der Waals surface area (Å²) in [7, 11) is 0. The minimum Gasteiger partial charge on any atom is -0.344 e. The Balaban J connectivity index is 1.12. The zero-order chi connectivity index (χ0) is 31.3. The van der Waals surface area contributed by atoms with Crippen LogP contribution in [0.1, 0.15) is 74.1 Å². The average molecular weight is 634 g/mol. The quantitative estimate of drug-likeness (QED) is 0.386. The van der Waals surface area contributed by atoms with Gasteiger partial charge in [0, 0.05) is 82.1 Å². The van der Waals surface area contributed by atoms with Crippen molar-refractivity contribution >= 4 is 35.2 Å². The van der Waals surface area contributed by atoms with Crippen LogP contribution >= 0.6 is 11.6 Å². The molecule has 9 nitrogen and oxygen atoms in total. The van der Waals surface area contributed by atoms with E-state index in [4.69, 9.17) is 11.6 Å². The molecule has 10 heteroatoms. The fourth-order valence-corrected chi connectivity index (χ4v) is 7.77. The van der Waals surface area contributed by atoms with Crippen LogP contribution < -0.4 is 10.6 Å². The molecule has 0 spiro atoms. The van der Waals surface area contributed by atoms with Crippen molar-refractivity contribution < 1.29 is 19.2 Å². The van der Waals surface area contributed by atoms with Gasteiger partial charge in [0.2, 0.25) is 23.6 Å². The summed E-state index contributed by atoms with van der Waals surface area (Å²) in [4.78, 5) is 58.2. The Morgan fingerprint density at radius 1 is 0.911 bits per heavy atom. The summed E-state index contributed by atoms with van der Waals surface area (Å²) in [5.74, 6) is 0.0659. The zero-order valence-corrected chi connectivity index (χ0v) is 26.6. The predicted octanol–water partition coefficient (Wildman–Crippen LogP) is 3.84. The van der Waals surface area contributed by atoms with Crippen molar-refractivity contribution in [2.75, 3.05) is 32.7 Å². The maximum absolute atomic E-state index is 14.0. The van der Waals surface area contributed by atoms with Gasteiger partial charge in [-0.15, -0.1) is 0 Å². The monoisotopic (exact) mass is 633 g/mol. The van der Waals surface area contributed by atoms with E-state index in [1.807, 2.05) is 29.2 Å². The van der Waals surface area contributed by atoms with Crippen LogP contribution in [0.3, 0.4) is 0 Å². The number of hydrogen-bond acceptors (Lipinski definition) is 6. The predicted molar refractivity (Wildman–Crippen MR) is 172 cm³/mol. The van der Waals surface area contributed by atoms with Crippen molar-refractivity contribution in [3.8, 4) is 0 Å². The van der Waals surface area contributed by atoms with Gasteiger partial charge in [0.1, 0.15) is 6.04 Å². The summed E-state index contributed by atoms with van der Waals surface area (Å²) in [6.45, 7) is 3.60. The van der Waals surface area contributed by atoms with Crippen LogP contribution in [-0.2, 0) is 32.1 Å². The molecule has 0 bridgehead atoms. The van der Waals surface area contributed by atoms with Crippen LogP contribution in [0.4, 0.5) is 0 Å². The number of fused-ring (bicyclic) bond motifs is 1. The Kier molecular flexibility index (Phi) is 10.2. The lowest BCUT2D eigenvalue weighted by Crippen LogP contribution is -2.59. The molecule has 2 N–H and O–H groups in total. The molecule has 0 radical (unpaired) electrons. The first kappa shape index (κ1) is 31.7. The zero-order valence-electron chi connectivity index (χ0n) is 25.9. The molecule has 2 unspecified atom stereocenters. The Bertz CT molecular complexity index is 1370. The summed E-state index contributed by atoms with van der Waals surface area (Å²) < 4.78 is 0. The SMILES string of the molecule is O=C(CC1NCc2ccccc21)N[C@H](Cc1ccc(Cl)cc1)C(=O)N1CCN(C(CN2C(=O)CCC2=O)C2CCCCC2)CC1. The second-order valence-corrected chi connectivity index (χ2v) is 13.4. The second-order valence-electron chi connectivity index (χ2n) is 13.0. The highest BCUT2D eigenvalue weighted by atomic mass is 35.5. The minimum atomic E-state index is -0.698. The molecule has 240 valence electrons. The van der Waals surface area contributed by atoms with Crippen molar-refractivity contribution in [1.29, 1.82) is 0 Å². The number of hydrogen-bond donors (Lipinski definition) is 2. The van der Waals surface area contributed by atoms with Crippen LogP contribution in [0, 0.1) is 5.92 Å². The smallest absolute Gasteiger partial charge is 0.245 e. The Morgan fingerprint density at radius 3 is 2.31 bits per heavy atom. The first-order chi connectivity index (χ1) is 21.9. The number of carbonyl (C=O) groups is 4. The number of imide groups is 1. The van der Waals surface area contributed by atoms with Gasteiger partial charge in [-0.05, 0) is 47.6 Å². The summed E-state index contributed by atoms with van der Waals surface area (Å²) in [5.41, 5.74) is 3.26.